The van der Waals surface area contributed by atoms with Gasteiger partial charge < -0.3 is 10.2 Å². The van der Waals surface area contributed by atoms with E-state index in [2.05, 4.69) is 66.4 Å². The Morgan fingerprint density at radius 1 is 1.26 bits per heavy atom. The number of aryl methyl sites for hydroxylation is 1. The van der Waals surface area contributed by atoms with E-state index >= 15 is 0 Å². The van der Waals surface area contributed by atoms with Crippen LogP contribution in [0.3, 0.4) is 0 Å². The summed E-state index contributed by atoms with van der Waals surface area (Å²) in [7, 11) is 1.92. The number of fused-ring (bicyclic) bond motifs is 1. The SMILES string of the molecule is CC(C)Cc1cc(C(=O)N2[C@H](Cc3ccccc3)[C@@H]3C[C@@]4(C)[C@H](CCC[C@@H]24)N3)n(C)n1. The number of rotatable bonds is 5. The number of nitrogens with zero attached hydrogens (tertiary/aromatic N) is 3. The molecule has 31 heavy (non-hydrogen) atoms. The summed E-state index contributed by atoms with van der Waals surface area (Å²) in [6, 6.07) is 14.1. The molecule has 3 aliphatic rings. The second-order valence-electron chi connectivity index (χ2n) is 10.7. The first-order valence-corrected chi connectivity index (χ1v) is 12.0. The summed E-state index contributed by atoms with van der Waals surface area (Å²) in [5, 5.41) is 8.64. The fourth-order valence-corrected chi connectivity index (χ4v) is 6.64. The van der Waals surface area contributed by atoms with Crippen LogP contribution in [-0.4, -0.2) is 44.8 Å². The highest BCUT2D eigenvalue weighted by Crippen LogP contribution is 2.52. The maximum atomic E-state index is 14.1. The van der Waals surface area contributed by atoms with Gasteiger partial charge in [-0.25, -0.2) is 0 Å². The Bertz CT molecular complexity index is 952. The minimum atomic E-state index is 0.163. The highest BCUT2D eigenvalue weighted by atomic mass is 16.2. The minimum absolute atomic E-state index is 0.163. The van der Waals surface area contributed by atoms with E-state index < -0.39 is 0 Å². The number of hydrogen-bond donors (Lipinski definition) is 1. The normalized spacial score (nSPS) is 32.0. The van der Waals surface area contributed by atoms with Crippen molar-refractivity contribution in [3.05, 3.63) is 53.3 Å². The van der Waals surface area contributed by atoms with Crippen molar-refractivity contribution in [1.82, 2.24) is 20.0 Å². The number of carbonyl (C=O) groups excluding carboxylic acids is 1. The minimum Gasteiger partial charge on any atom is -0.329 e. The van der Waals surface area contributed by atoms with Gasteiger partial charge in [0.1, 0.15) is 5.69 Å². The Kier molecular flexibility index (Phi) is 5.20. The molecule has 5 atom stereocenters. The van der Waals surface area contributed by atoms with Crippen LogP contribution in [0.1, 0.15) is 68.2 Å². The second kappa shape index (κ2) is 7.77. The third-order valence-corrected chi connectivity index (χ3v) is 8.05. The number of likely N-dealkylation sites (tertiary alicyclic amines) is 1. The molecule has 0 unspecified atom stereocenters. The number of carbonyl (C=O) groups is 1. The average molecular weight is 421 g/mol. The highest BCUT2D eigenvalue weighted by Gasteiger charge is 2.60. The Balaban J connectivity index is 1.53. The van der Waals surface area contributed by atoms with Gasteiger partial charge in [0.05, 0.1) is 11.7 Å². The zero-order valence-corrected chi connectivity index (χ0v) is 19.3. The predicted molar refractivity (Wildman–Crippen MR) is 123 cm³/mol. The first kappa shape index (κ1) is 20.7. The van der Waals surface area contributed by atoms with Gasteiger partial charge in [-0.2, -0.15) is 5.10 Å². The van der Waals surface area contributed by atoms with Gasteiger partial charge in [0, 0.05) is 30.6 Å². The lowest BCUT2D eigenvalue weighted by molar-refractivity contribution is -0.0118. The molecule has 2 bridgehead atoms. The molecular weight excluding hydrogens is 384 g/mol. The number of nitrogens with one attached hydrogen (secondary N) is 1. The zero-order chi connectivity index (χ0) is 21.8. The van der Waals surface area contributed by atoms with Crippen LogP contribution in [0, 0.1) is 11.3 Å². The molecule has 1 N–H and O–H groups in total. The fourth-order valence-electron chi connectivity index (χ4n) is 6.64. The van der Waals surface area contributed by atoms with Crippen molar-refractivity contribution < 1.29 is 4.79 Å². The molecule has 3 fully saturated rings. The third kappa shape index (κ3) is 3.51. The van der Waals surface area contributed by atoms with E-state index in [1.54, 1.807) is 0 Å². The van der Waals surface area contributed by atoms with Gasteiger partial charge in [-0.1, -0.05) is 51.1 Å². The van der Waals surface area contributed by atoms with Gasteiger partial charge >= 0.3 is 0 Å². The lowest BCUT2D eigenvalue weighted by atomic mass is 9.64. The van der Waals surface area contributed by atoms with Crippen LogP contribution < -0.4 is 5.32 Å². The van der Waals surface area contributed by atoms with Crippen LogP contribution >= 0.6 is 0 Å². The summed E-state index contributed by atoms with van der Waals surface area (Å²) in [4.78, 5) is 16.4. The van der Waals surface area contributed by atoms with Gasteiger partial charge in [0.2, 0.25) is 0 Å². The van der Waals surface area contributed by atoms with Crippen molar-refractivity contribution in [3.8, 4) is 0 Å². The van der Waals surface area contributed by atoms with E-state index in [1.807, 2.05) is 17.8 Å². The summed E-state index contributed by atoms with van der Waals surface area (Å²) in [6.45, 7) is 6.81. The number of benzene rings is 1. The molecule has 1 amide bonds. The van der Waals surface area contributed by atoms with Crippen molar-refractivity contribution in [1.29, 1.82) is 0 Å². The van der Waals surface area contributed by atoms with Crippen molar-refractivity contribution in [2.45, 2.75) is 83.5 Å². The van der Waals surface area contributed by atoms with Gasteiger partial charge in [-0.15, -0.1) is 0 Å². The van der Waals surface area contributed by atoms with E-state index in [-0.39, 0.29) is 17.4 Å². The Morgan fingerprint density at radius 2 is 2.03 bits per heavy atom. The van der Waals surface area contributed by atoms with E-state index in [0.717, 1.165) is 30.7 Å². The molecule has 1 aromatic heterocycles. The number of hydrogen-bond acceptors (Lipinski definition) is 3. The van der Waals surface area contributed by atoms with Crippen LogP contribution in [0.4, 0.5) is 0 Å². The lowest BCUT2D eigenvalue weighted by Crippen LogP contribution is -2.62. The summed E-state index contributed by atoms with van der Waals surface area (Å²) in [5.74, 6) is 0.688. The highest BCUT2D eigenvalue weighted by molar-refractivity contribution is 5.93. The van der Waals surface area contributed by atoms with Crippen LogP contribution in [-0.2, 0) is 19.9 Å². The predicted octanol–water partition coefficient (Wildman–Crippen LogP) is 3.98. The molecule has 5 nitrogen and oxygen atoms in total. The molecule has 1 aliphatic carbocycles. The van der Waals surface area contributed by atoms with Crippen LogP contribution in [0.2, 0.25) is 0 Å². The molecule has 5 heteroatoms. The molecular formula is C26H36N4O. The van der Waals surface area contributed by atoms with Gasteiger partial charge in [0.25, 0.3) is 5.91 Å². The third-order valence-electron chi connectivity index (χ3n) is 8.05. The van der Waals surface area contributed by atoms with E-state index in [0.29, 0.717) is 24.0 Å². The quantitative estimate of drug-likeness (QED) is 0.796. The summed E-state index contributed by atoms with van der Waals surface area (Å²) in [5.41, 5.74) is 3.24. The van der Waals surface area contributed by atoms with Crippen LogP contribution in [0.15, 0.2) is 36.4 Å². The molecule has 5 rings (SSSR count). The second-order valence-corrected chi connectivity index (χ2v) is 10.7. The first-order chi connectivity index (χ1) is 14.9. The molecule has 166 valence electrons. The topological polar surface area (TPSA) is 50.2 Å². The van der Waals surface area contributed by atoms with Crippen LogP contribution in [0.5, 0.6) is 0 Å². The molecule has 2 aromatic rings. The van der Waals surface area contributed by atoms with Crippen LogP contribution in [0.25, 0.3) is 0 Å². The van der Waals surface area contributed by atoms with E-state index in [4.69, 9.17) is 0 Å². The molecule has 2 saturated heterocycles. The lowest BCUT2D eigenvalue weighted by Gasteiger charge is -2.53. The molecule has 0 radical (unpaired) electrons. The summed E-state index contributed by atoms with van der Waals surface area (Å²) in [6.07, 6.45) is 6.51. The molecule has 3 heterocycles. The van der Waals surface area contributed by atoms with Crippen molar-refractivity contribution in [3.63, 3.8) is 0 Å². The number of amides is 1. The monoisotopic (exact) mass is 420 g/mol. The first-order valence-electron chi connectivity index (χ1n) is 12.0. The largest absolute Gasteiger partial charge is 0.329 e. The molecule has 0 spiro atoms. The maximum absolute atomic E-state index is 14.1. The van der Waals surface area contributed by atoms with Crippen molar-refractivity contribution in [2.75, 3.05) is 0 Å². The van der Waals surface area contributed by atoms with Gasteiger partial charge in [0.15, 0.2) is 0 Å². The Hall–Kier alpha value is -2.14. The summed E-state index contributed by atoms with van der Waals surface area (Å²) >= 11 is 0. The molecule has 1 aromatic carbocycles. The van der Waals surface area contributed by atoms with Crippen molar-refractivity contribution >= 4 is 5.91 Å². The zero-order valence-electron chi connectivity index (χ0n) is 19.3. The maximum Gasteiger partial charge on any atom is 0.272 e. The van der Waals surface area contributed by atoms with Gasteiger partial charge in [-0.3, -0.25) is 9.48 Å². The standard InChI is InChI=1S/C26H36N4O/c1-17(2)13-19-15-22(29(4)28-19)25(31)30-21(14-18-9-6-5-7-10-18)20-16-26(3)23(27-20)11-8-12-24(26)30/h5-7,9-10,15,17,20-21,23-24,27H,8,11-14,16H2,1-4H3/t20-,21+,23-,24+,26-/m0/s1. The average Bonchev–Trinajstić information content (AvgIpc) is 3.26. The van der Waals surface area contributed by atoms with E-state index in [9.17, 15) is 4.79 Å². The molecule has 2 aliphatic heterocycles. The summed E-state index contributed by atoms with van der Waals surface area (Å²) < 4.78 is 1.81. The molecule has 1 saturated carbocycles. The smallest absolute Gasteiger partial charge is 0.272 e. The Labute approximate surface area is 186 Å². The van der Waals surface area contributed by atoms with Crippen molar-refractivity contribution in [2.24, 2.45) is 18.4 Å². The number of piperidine rings is 1. The number of aromatic nitrogens is 2. The van der Waals surface area contributed by atoms with Gasteiger partial charge in [-0.05, 0) is 56.1 Å². The fraction of sp³-hybridized carbons (Fsp3) is 0.615. The van der Waals surface area contributed by atoms with E-state index in [1.165, 1.54) is 24.8 Å². The Morgan fingerprint density at radius 3 is 2.77 bits per heavy atom.